The number of rotatable bonds is 5. The topological polar surface area (TPSA) is 59.8 Å². The Morgan fingerprint density at radius 3 is 2.61 bits per heavy atom. The Hall–Kier alpha value is -2.70. The third kappa shape index (κ3) is 3.66. The average molecular weight is 411 g/mol. The van der Waals surface area contributed by atoms with Crippen LogP contribution in [0.5, 0.6) is 0 Å². The minimum Gasteiger partial charge on any atom is -0.341 e. The number of carbonyl (C=O) groups excluding carboxylic acids is 1. The summed E-state index contributed by atoms with van der Waals surface area (Å²) in [5, 5.41) is 13.0. The van der Waals surface area contributed by atoms with Gasteiger partial charge in [-0.15, -0.1) is 0 Å². The van der Waals surface area contributed by atoms with Gasteiger partial charge in [0.25, 0.3) is 5.91 Å². The van der Waals surface area contributed by atoms with E-state index in [1.54, 1.807) is 23.7 Å². The minimum absolute atomic E-state index is 0.183. The molecule has 7 heteroatoms. The summed E-state index contributed by atoms with van der Waals surface area (Å²) in [5.41, 5.74) is 3.28. The van der Waals surface area contributed by atoms with Crippen LogP contribution >= 0.6 is 22.9 Å². The van der Waals surface area contributed by atoms with E-state index in [0.717, 1.165) is 22.2 Å². The van der Waals surface area contributed by atoms with Crippen molar-refractivity contribution in [3.05, 3.63) is 81.3 Å². The number of pyridine rings is 1. The van der Waals surface area contributed by atoms with E-state index in [1.807, 2.05) is 65.7 Å². The van der Waals surface area contributed by atoms with Crippen molar-refractivity contribution < 1.29 is 4.79 Å². The van der Waals surface area contributed by atoms with Crippen molar-refractivity contribution in [2.45, 2.75) is 25.9 Å². The van der Waals surface area contributed by atoms with Crippen molar-refractivity contribution >= 4 is 39.9 Å². The summed E-state index contributed by atoms with van der Waals surface area (Å²) in [6.07, 6.45) is 3.35. The summed E-state index contributed by atoms with van der Waals surface area (Å²) in [6, 6.07) is 11.3. The van der Waals surface area contributed by atoms with Crippen molar-refractivity contribution in [2.24, 2.45) is 0 Å². The maximum absolute atomic E-state index is 13.0. The van der Waals surface area contributed by atoms with Crippen molar-refractivity contribution in [2.75, 3.05) is 0 Å². The predicted molar refractivity (Wildman–Crippen MR) is 113 cm³/mol. The highest BCUT2D eigenvalue weighted by Crippen LogP contribution is 2.26. The van der Waals surface area contributed by atoms with E-state index < -0.39 is 0 Å². The molecule has 4 aromatic rings. The van der Waals surface area contributed by atoms with Crippen LogP contribution in [0, 0.1) is 0 Å². The normalized spacial score (nSPS) is 12.4. The molecule has 28 heavy (non-hydrogen) atoms. The highest BCUT2D eigenvalue weighted by Gasteiger charge is 2.19. The summed E-state index contributed by atoms with van der Waals surface area (Å²) in [4.78, 5) is 17.4. The van der Waals surface area contributed by atoms with Gasteiger partial charge in [0, 0.05) is 22.6 Å². The number of halogens is 1. The summed E-state index contributed by atoms with van der Waals surface area (Å²) in [5.74, 6) is -0.183. The lowest BCUT2D eigenvalue weighted by atomic mass is 10.0. The second-order valence-corrected chi connectivity index (χ2v) is 8.05. The number of thiophene rings is 1. The molecule has 0 aliphatic heterocycles. The van der Waals surface area contributed by atoms with Crippen LogP contribution in [0.15, 0.2) is 59.6 Å². The Bertz CT molecular complexity index is 1100. The molecule has 4 rings (SSSR count). The largest absolute Gasteiger partial charge is 0.341 e. The standard InChI is InChI=1S/C21H19ClN4OS/c1-13(2)26-20-16(11-24-26)9-17(10-23-20)21(27)25-19(15-7-8-28-12-15)14-3-5-18(22)6-4-14/h3-13,19H,1-2H3,(H,25,27). The first-order chi connectivity index (χ1) is 13.5. The monoisotopic (exact) mass is 410 g/mol. The zero-order chi connectivity index (χ0) is 19.7. The fourth-order valence-electron chi connectivity index (χ4n) is 3.11. The molecule has 0 saturated heterocycles. The van der Waals surface area contributed by atoms with Gasteiger partial charge in [-0.25, -0.2) is 9.67 Å². The highest BCUT2D eigenvalue weighted by molar-refractivity contribution is 7.08. The molecule has 1 unspecified atom stereocenters. The molecule has 5 nitrogen and oxygen atoms in total. The van der Waals surface area contributed by atoms with E-state index >= 15 is 0 Å². The van der Waals surface area contributed by atoms with Gasteiger partial charge in [-0.3, -0.25) is 4.79 Å². The van der Waals surface area contributed by atoms with Crippen LogP contribution < -0.4 is 5.32 Å². The molecule has 3 heterocycles. The number of carbonyl (C=O) groups is 1. The Balaban J connectivity index is 1.64. The van der Waals surface area contributed by atoms with Crippen molar-refractivity contribution in [1.82, 2.24) is 20.1 Å². The van der Waals surface area contributed by atoms with Gasteiger partial charge in [-0.2, -0.15) is 16.4 Å². The van der Waals surface area contributed by atoms with Crippen LogP contribution in [0.2, 0.25) is 5.02 Å². The third-order valence-electron chi connectivity index (χ3n) is 4.54. The number of hydrogen-bond acceptors (Lipinski definition) is 4. The second kappa shape index (κ2) is 7.73. The van der Waals surface area contributed by atoms with E-state index in [4.69, 9.17) is 11.6 Å². The summed E-state index contributed by atoms with van der Waals surface area (Å²) in [7, 11) is 0. The Morgan fingerprint density at radius 2 is 1.93 bits per heavy atom. The molecule has 0 radical (unpaired) electrons. The van der Waals surface area contributed by atoms with Crippen LogP contribution in [-0.4, -0.2) is 20.7 Å². The number of nitrogens with zero attached hydrogens (tertiary/aromatic N) is 3. The number of hydrogen-bond donors (Lipinski definition) is 1. The van der Waals surface area contributed by atoms with Gasteiger partial charge >= 0.3 is 0 Å². The number of nitrogens with one attached hydrogen (secondary N) is 1. The molecule has 1 N–H and O–H groups in total. The van der Waals surface area contributed by atoms with Crippen LogP contribution in [0.25, 0.3) is 11.0 Å². The molecular weight excluding hydrogens is 392 g/mol. The van der Waals surface area contributed by atoms with Gasteiger partial charge < -0.3 is 5.32 Å². The fraction of sp³-hybridized carbons (Fsp3) is 0.190. The van der Waals surface area contributed by atoms with Crippen LogP contribution in [0.1, 0.15) is 47.4 Å². The maximum Gasteiger partial charge on any atom is 0.253 e. The quantitative estimate of drug-likeness (QED) is 0.489. The lowest BCUT2D eigenvalue weighted by Gasteiger charge is -2.19. The molecule has 1 amide bonds. The highest BCUT2D eigenvalue weighted by atomic mass is 35.5. The minimum atomic E-state index is -0.259. The van der Waals surface area contributed by atoms with Gasteiger partial charge in [0.15, 0.2) is 5.65 Å². The first-order valence-electron chi connectivity index (χ1n) is 8.94. The molecule has 0 bridgehead atoms. The van der Waals surface area contributed by atoms with Crippen molar-refractivity contribution in [3.63, 3.8) is 0 Å². The van der Waals surface area contributed by atoms with Crippen LogP contribution in [0.4, 0.5) is 0 Å². The number of fused-ring (bicyclic) bond motifs is 1. The molecule has 0 fully saturated rings. The van der Waals surface area contributed by atoms with E-state index in [-0.39, 0.29) is 18.0 Å². The first kappa shape index (κ1) is 18.7. The molecular formula is C21H19ClN4OS. The van der Waals surface area contributed by atoms with Crippen molar-refractivity contribution in [1.29, 1.82) is 0 Å². The number of amides is 1. The molecule has 3 aromatic heterocycles. The molecule has 1 atom stereocenters. The van der Waals surface area contributed by atoms with Gasteiger partial charge in [0.1, 0.15) is 0 Å². The molecule has 1 aromatic carbocycles. The Labute approximate surface area is 172 Å². The van der Waals surface area contributed by atoms with Gasteiger partial charge in [-0.05, 0) is 60.0 Å². The third-order valence-corrected chi connectivity index (χ3v) is 5.49. The fourth-order valence-corrected chi connectivity index (χ4v) is 3.92. The van der Waals surface area contributed by atoms with E-state index in [1.165, 1.54) is 0 Å². The molecule has 0 aliphatic carbocycles. The zero-order valence-electron chi connectivity index (χ0n) is 15.5. The molecule has 0 spiro atoms. The first-order valence-corrected chi connectivity index (χ1v) is 10.3. The summed E-state index contributed by atoms with van der Waals surface area (Å²) >= 11 is 7.62. The predicted octanol–water partition coefficient (Wildman–Crippen LogP) is 5.25. The molecule has 0 saturated carbocycles. The lowest BCUT2D eigenvalue weighted by molar-refractivity contribution is 0.0943. The van der Waals surface area contributed by atoms with Gasteiger partial charge in [0.2, 0.25) is 0 Å². The van der Waals surface area contributed by atoms with Crippen LogP contribution in [-0.2, 0) is 0 Å². The molecule has 142 valence electrons. The second-order valence-electron chi connectivity index (χ2n) is 6.83. The van der Waals surface area contributed by atoms with E-state index in [2.05, 4.69) is 15.4 Å². The van der Waals surface area contributed by atoms with E-state index in [9.17, 15) is 4.79 Å². The SMILES string of the molecule is CC(C)n1ncc2cc(C(=O)NC(c3ccc(Cl)cc3)c3ccsc3)cnc21. The lowest BCUT2D eigenvalue weighted by Crippen LogP contribution is -2.29. The summed E-state index contributed by atoms with van der Waals surface area (Å²) in [6.45, 7) is 4.10. The van der Waals surface area contributed by atoms with E-state index in [0.29, 0.717) is 10.6 Å². The Morgan fingerprint density at radius 1 is 1.14 bits per heavy atom. The Kier molecular flexibility index (Phi) is 5.15. The number of benzene rings is 1. The van der Waals surface area contributed by atoms with Crippen molar-refractivity contribution in [3.8, 4) is 0 Å². The average Bonchev–Trinajstić information content (AvgIpc) is 3.36. The van der Waals surface area contributed by atoms with Gasteiger partial charge in [-0.1, -0.05) is 23.7 Å². The molecule has 0 aliphatic rings. The maximum atomic E-state index is 13.0. The zero-order valence-corrected chi connectivity index (χ0v) is 17.0. The van der Waals surface area contributed by atoms with Crippen LogP contribution in [0.3, 0.4) is 0 Å². The number of aromatic nitrogens is 3. The smallest absolute Gasteiger partial charge is 0.253 e. The van der Waals surface area contributed by atoms with Gasteiger partial charge in [0.05, 0.1) is 17.8 Å². The summed E-state index contributed by atoms with van der Waals surface area (Å²) < 4.78 is 1.85.